The van der Waals surface area contributed by atoms with Crippen molar-refractivity contribution in [3.8, 4) is 0 Å². The van der Waals surface area contributed by atoms with Crippen LogP contribution in [0.2, 0.25) is 25.7 Å². The number of hydrogen-bond acceptors (Lipinski definition) is 3. The standard InChI is InChI=1S/C10H25NO2SSi/c1-10(2,3)14(12)11-9-13-7-8-15(4,5)6/h11H,7-9H2,1-6H3. The molecule has 15 heavy (non-hydrogen) atoms. The maximum Gasteiger partial charge on any atom is 0.139 e. The Hall–Kier alpha value is 0.447. The maximum absolute atomic E-state index is 11.6. The van der Waals surface area contributed by atoms with Crippen molar-refractivity contribution in [2.24, 2.45) is 0 Å². The molecule has 0 bridgehead atoms. The summed E-state index contributed by atoms with van der Waals surface area (Å²) in [7, 11) is -1.000. The van der Waals surface area contributed by atoms with Gasteiger partial charge in [-0.1, -0.05) is 19.6 Å². The molecule has 1 N–H and O–H groups in total. The predicted octanol–water partition coefficient (Wildman–Crippen LogP) is 2.35. The Kier molecular flexibility index (Phi) is 6.43. The van der Waals surface area contributed by atoms with Crippen LogP contribution in [-0.2, 0) is 16.1 Å². The largest absolute Gasteiger partial charge is 0.598 e. The fourth-order valence-electron chi connectivity index (χ4n) is 0.762. The summed E-state index contributed by atoms with van der Waals surface area (Å²) < 4.78 is 19.6. The van der Waals surface area contributed by atoms with Gasteiger partial charge in [-0.15, -0.1) is 4.72 Å². The number of hydrogen-bond donors (Lipinski definition) is 1. The molecule has 0 aromatic rings. The van der Waals surface area contributed by atoms with Crippen molar-refractivity contribution < 1.29 is 9.29 Å². The average Bonchev–Trinajstić information content (AvgIpc) is 1.99. The van der Waals surface area contributed by atoms with E-state index in [0.717, 1.165) is 12.7 Å². The first-order chi connectivity index (χ1) is 6.63. The molecule has 0 spiro atoms. The van der Waals surface area contributed by atoms with Crippen molar-refractivity contribution in [2.75, 3.05) is 13.3 Å². The molecular formula is C10H25NO2SSi. The first kappa shape index (κ1) is 15.4. The maximum atomic E-state index is 11.6. The number of ether oxygens (including phenoxy) is 1. The zero-order valence-corrected chi connectivity index (χ0v) is 12.7. The molecule has 0 aliphatic rings. The molecule has 0 aliphatic carbocycles. The van der Waals surface area contributed by atoms with Gasteiger partial charge in [0.25, 0.3) is 0 Å². The summed E-state index contributed by atoms with van der Waals surface area (Å²) in [6.45, 7) is 13.9. The second-order valence-corrected chi connectivity index (χ2v) is 13.6. The number of rotatable bonds is 6. The summed E-state index contributed by atoms with van der Waals surface area (Å²) in [5, 5.41) is 0. The van der Waals surface area contributed by atoms with Crippen LogP contribution in [0.1, 0.15) is 20.8 Å². The van der Waals surface area contributed by atoms with Gasteiger partial charge >= 0.3 is 0 Å². The van der Waals surface area contributed by atoms with Gasteiger partial charge in [0.15, 0.2) is 0 Å². The third-order valence-electron chi connectivity index (χ3n) is 1.84. The Bertz CT molecular complexity index is 177. The molecule has 1 atom stereocenters. The highest BCUT2D eigenvalue weighted by Gasteiger charge is 2.25. The topological polar surface area (TPSA) is 44.3 Å². The lowest BCUT2D eigenvalue weighted by molar-refractivity contribution is 0.143. The van der Waals surface area contributed by atoms with Crippen LogP contribution in [0.5, 0.6) is 0 Å². The summed E-state index contributed by atoms with van der Waals surface area (Å²) in [6, 6.07) is 1.15. The van der Waals surface area contributed by atoms with E-state index in [1.165, 1.54) is 0 Å². The molecule has 3 nitrogen and oxygen atoms in total. The summed E-state index contributed by atoms with van der Waals surface area (Å²) >= 11 is -1.03. The summed E-state index contributed by atoms with van der Waals surface area (Å²) in [4.78, 5) is 0. The van der Waals surface area contributed by atoms with Crippen molar-refractivity contribution >= 4 is 19.4 Å². The van der Waals surface area contributed by atoms with Crippen molar-refractivity contribution in [3.63, 3.8) is 0 Å². The highest BCUT2D eigenvalue weighted by atomic mass is 32.2. The highest BCUT2D eigenvalue weighted by molar-refractivity contribution is 7.90. The number of nitrogens with one attached hydrogen (secondary N) is 1. The molecule has 0 rings (SSSR count). The van der Waals surface area contributed by atoms with Crippen LogP contribution in [-0.4, -0.2) is 30.7 Å². The molecule has 92 valence electrons. The molecule has 0 aromatic carbocycles. The van der Waals surface area contributed by atoms with Crippen LogP contribution in [0, 0.1) is 0 Å². The lowest BCUT2D eigenvalue weighted by Gasteiger charge is -2.23. The van der Waals surface area contributed by atoms with Gasteiger partial charge in [0.05, 0.1) is 0 Å². The van der Waals surface area contributed by atoms with E-state index >= 15 is 0 Å². The van der Waals surface area contributed by atoms with E-state index in [1.807, 2.05) is 20.8 Å². The highest BCUT2D eigenvalue weighted by Crippen LogP contribution is 2.12. The second kappa shape index (κ2) is 6.25. The van der Waals surface area contributed by atoms with Gasteiger partial charge < -0.3 is 9.29 Å². The Morgan fingerprint density at radius 3 is 2.20 bits per heavy atom. The van der Waals surface area contributed by atoms with Crippen LogP contribution in [0.15, 0.2) is 0 Å². The second-order valence-electron chi connectivity index (χ2n) is 5.89. The van der Waals surface area contributed by atoms with Crippen LogP contribution in [0.25, 0.3) is 0 Å². The molecule has 0 saturated heterocycles. The molecule has 0 radical (unpaired) electrons. The van der Waals surface area contributed by atoms with Crippen LogP contribution in [0.3, 0.4) is 0 Å². The van der Waals surface area contributed by atoms with E-state index in [-0.39, 0.29) is 4.75 Å². The molecule has 1 unspecified atom stereocenters. The minimum absolute atomic E-state index is 0.220. The molecule has 0 heterocycles. The van der Waals surface area contributed by atoms with Gasteiger partial charge in [-0.3, -0.25) is 0 Å². The molecule has 0 amide bonds. The quantitative estimate of drug-likeness (QED) is 0.341. The Morgan fingerprint density at radius 1 is 1.27 bits per heavy atom. The third kappa shape index (κ3) is 9.38. The monoisotopic (exact) mass is 251 g/mol. The average molecular weight is 251 g/mol. The van der Waals surface area contributed by atoms with Crippen molar-refractivity contribution in [3.05, 3.63) is 0 Å². The van der Waals surface area contributed by atoms with Gasteiger partial charge in [0, 0.05) is 26.0 Å². The van der Waals surface area contributed by atoms with Crippen molar-refractivity contribution in [2.45, 2.75) is 51.2 Å². The van der Waals surface area contributed by atoms with Crippen LogP contribution in [0.4, 0.5) is 0 Å². The predicted molar refractivity (Wildman–Crippen MR) is 70.0 cm³/mol. The van der Waals surface area contributed by atoms with E-state index in [0.29, 0.717) is 6.73 Å². The van der Waals surface area contributed by atoms with Gasteiger partial charge in [-0.2, -0.15) is 0 Å². The molecular weight excluding hydrogens is 226 g/mol. The fourth-order valence-corrected chi connectivity index (χ4v) is 2.14. The zero-order chi connectivity index (χ0) is 12.1. The molecule has 0 aliphatic heterocycles. The van der Waals surface area contributed by atoms with Crippen LogP contribution < -0.4 is 4.72 Å². The zero-order valence-electron chi connectivity index (χ0n) is 10.8. The first-order valence-electron chi connectivity index (χ1n) is 5.36. The minimum atomic E-state index is -1.03. The lowest BCUT2D eigenvalue weighted by Crippen LogP contribution is -2.40. The Labute approximate surface area is 98.3 Å². The summed E-state index contributed by atoms with van der Waals surface area (Å²) in [5.74, 6) is 0. The van der Waals surface area contributed by atoms with E-state index in [9.17, 15) is 4.55 Å². The molecule has 0 aromatic heterocycles. The SMILES string of the molecule is CC(C)(C)[S+]([O-])NCOCC[Si](C)(C)C. The molecule has 0 fully saturated rings. The Balaban J connectivity index is 3.48. The van der Waals surface area contributed by atoms with Gasteiger partial charge in [-0.05, 0) is 26.8 Å². The molecule has 0 saturated carbocycles. The van der Waals surface area contributed by atoms with E-state index < -0.39 is 19.4 Å². The van der Waals surface area contributed by atoms with Gasteiger partial charge in [0.2, 0.25) is 0 Å². The molecule has 5 heteroatoms. The summed E-state index contributed by atoms with van der Waals surface area (Å²) in [5.41, 5.74) is 0. The first-order valence-corrected chi connectivity index (χ1v) is 10.2. The normalized spacial score (nSPS) is 15.4. The van der Waals surface area contributed by atoms with Gasteiger partial charge in [0.1, 0.15) is 11.5 Å². The van der Waals surface area contributed by atoms with E-state index in [4.69, 9.17) is 4.74 Å². The minimum Gasteiger partial charge on any atom is -0.598 e. The van der Waals surface area contributed by atoms with E-state index in [1.54, 1.807) is 0 Å². The summed E-state index contributed by atoms with van der Waals surface area (Å²) in [6.07, 6.45) is 0. The van der Waals surface area contributed by atoms with Gasteiger partial charge in [-0.25, -0.2) is 0 Å². The van der Waals surface area contributed by atoms with Crippen molar-refractivity contribution in [1.29, 1.82) is 0 Å². The third-order valence-corrected chi connectivity index (χ3v) is 5.04. The smallest absolute Gasteiger partial charge is 0.139 e. The van der Waals surface area contributed by atoms with E-state index in [2.05, 4.69) is 24.4 Å². The van der Waals surface area contributed by atoms with Crippen molar-refractivity contribution in [1.82, 2.24) is 4.72 Å². The van der Waals surface area contributed by atoms with Crippen LogP contribution >= 0.6 is 0 Å². The lowest BCUT2D eigenvalue weighted by atomic mass is 10.3. The Morgan fingerprint density at radius 2 is 1.80 bits per heavy atom. The fraction of sp³-hybridized carbons (Fsp3) is 1.00.